The maximum absolute atomic E-state index is 12.3. The van der Waals surface area contributed by atoms with Gasteiger partial charge in [0.1, 0.15) is 12.1 Å². The molecule has 1 aliphatic heterocycles. The fourth-order valence-corrected chi connectivity index (χ4v) is 2.55. The third-order valence-electron chi connectivity index (χ3n) is 3.73. The number of carbonyl (C=O) groups is 2. The largest absolute Gasteiger partial charge is 0.343 e. The molecule has 0 saturated carbocycles. The van der Waals surface area contributed by atoms with Crippen LogP contribution in [-0.2, 0) is 16.1 Å². The second-order valence-electron chi connectivity index (χ2n) is 5.49. The van der Waals surface area contributed by atoms with E-state index in [-0.39, 0.29) is 17.9 Å². The first-order valence-electron chi connectivity index (χ1n) is 7.19. The Labute approximate surface area is 120 Å². The van der Waals surface area contributed by atoms with Crippen molar-refractivity contribution >= 4 is 11.8 Å². The van der Waals surface area contributed by atoms with Gasteiger partial charge in [-0.1, -0.05) is 43.2 Å². The molecule has 1 heterocycles. The van der Waals surface area contributed by atoms with Crippen molar-refractivity contribution in [1.82, 2.24) is 10.2 Å². The second-order valence-corrected chi connectivity index (χ2v) is 5.49. The van der Waals surface area contributed by atoms with Gasteiger partial charge in [0.2, 0.25) is 11.8 Å². The molecule has 1 aromatic carbocycles. The summed E-state index contributed by atoms with van der Waals surface area (Å²) in [6, 6.07) is 7.32. The number of nitrogens with zero attached hydrogens (tertiary/aromatic N) is 1. The van der Waals surface area contributed by atoms with Crippen molar-refractivity contribution in [3.63, 3.8) is 0 Å². The molecular formula is C16H22N2O2. The molecule has 1 N–H and O–H groups in total. The molecule has 4 heteroatoms. The Balaban J connectivity index is 2.21. The first-order valence-corrected chi connectivity index (χ1v) is 7.19. The summed E-state index contributed by atoms with van der Waals surface area (Å²) in [7, 11) is 0. The molecule has 20 heavy (non-hydrogen) atoms. The van der Waals surface area contributed by atoms with Gasteiger partial charge in [-0.3, -0.25) is 9.59 Å². The van der Waals surface area contributed by atoms with Gasteiger partial charge in [-0.15, -0.1) is 0 Å². The third kappa shape index (κ3) is 3.00. The zero-order valence-electron chi connectivity index (χ0n) is 12.3. The van der Waals surface area contributed by atoms with Gasteiger partial charge in [-0.2, -0.15) is 0 Å². The quantitative estimate of drug-likeness (QED) is 0.913. The highest BCUT2D eigenvalue weighted by Crippen LogP contribution is 2.18. The summed E-state index contributed by atoms with van der Waals surface area (Å²) < 4.78 is 0. The lowest BCUT2D eigenvalue weighted by molar-refractivity contribution is -0.149. The van der Waals surface area contributed by atoms with Crippen molar-refractivity contribution in [2.45, 2.75) is 52.2 Å². The minimum Gasteiger partial charge on any atom is -0.343 e. The van der Waals surface area contributed by atoms with Gasteiger partial charge in [0.05, 0.1) is 0 Å². The van der Waals surface area contributed by atoms with Gasteiger partial charge < -0.3 is 10.2 Å². The lowest BCUT2D eigenvalue weighted by Gasteiger charge is -2.38. The molecule has 0 bridgehead atoms. The molecule has 0 aliphatic carbocycles. The Bertz CT molecular complexity index is 496. The molecule has 1 saturated heterocycles. The molecule has 2 amide bonds. The van der Waals surface area contributed by atoms with Crippen molar-refractivity contribution in [2.24, 2.45) is 0 Å². The molecule has 2 atom stereocenters. The highest BCUT2D eigenvalue weighted by atomic mass is 16.2. The molecule has 0 spiro atoms. The summed E-state index contributed by atoms with van der Waals surface area (Å²) in [4.78, 5) is 26.1. The van der Waals surface area contributed by atoms with Gasteiger partial charge in [-0.25, -0.2) is 0 Å². The van der Waals surface area contributed by atoms with Gasteiger partial charge in [0.15, 0.2) is 0 Å². The van der Waals surface area contributed by atoms with Crippen LogP contribution < -0.4 is 5.32 Å². The molecule has 1 fully saturated rings. The van der Waals surface area contributed by atoms with E-state index < -0.39 is 6.04 Å². The van der Waals surface area contributed by atoms with Crippen LogP contribution in [-0.4, -0.2) is 28.8 Å². The van der Waals surface area contributed by atoms with Crippen LogP contribution in [0.25, 0.3) is 0 Å². The highest BCUT2D eigenvalue weighted by molar-refractivity contribution is 5.96. The smallest absolute Gasteiger partial charge is 0.245 e. The first kappa shape index (κ1) is 14.6. The molecule has 1 aromatic rings. The number of hydrogen-bond acceptors (Lipinski definition) is 2. The third-order valence-corrected chi connectivity index (χ3v) is 3.73. The van der Waals surface area contributed by atoms with Crippen molar-refractivity contribution in [1.29, 1.82) is 0 Å². The Morgan fingerprint density at radius 1 is 1.20 bits per heavy atom. The molecule has 0 radical (unpaired) electrons. The van der Waals surface area contributed by atoms with Gasteiger partial charge in [-0.05, 0) is 25.8 Å². The van der Waals surface area contributed by atoms with E-state index in [1.54, 1.807) is 11.8 Å². The lowest BCUT2D eigenvalue weighted by atomic mass is 10.0. The maximum Gasteiger partial charge on any atom is 0.245 e. The number of benzene rings is 1. The number of amides is 2. The zero-order valence-corrected chi connectivity index (χ0v) is 12.3. The average Bonchev–Trinajstić information content (AvgIpc) is 2.42. The first-order chi connectivity index (χ1) is 9.52. The number of hydrogen-bond donors (Lipinski definition) is 1. The maximum atomic E-state index is 12.3. The van der Waals surface area contributed by atoms with Crippen LogP contribution in [0, 0.1) is 6.92 Å². The van der Waals surface area contributed by atoms with Gasteiger partial charge in [0.25, 0.3) is 0 Å². The topological polar surface area (TPSA) is 49.4 Å². The van der Waals surface area contributed by atoms with E-state index in [0.717, 1.165) is 12.0 Å². The van der Waals surface area contributed by atoms with E-state index in [0.29, 0.717) is 13.0 Å². The lowest BCUT2D eigenvalue weighted by Crippen LogP contribution is -2.61. The van der Waals surface area contributed by atoms with Crippen LogP contribution in [0.15, 0.2) is 24.3 Å². The number of rotatable bonds is 4. The second kappa shape index (κ2) is 6.07. The Morgan fingerprint density at radius 3 is 2.45 bits per heavy atom. The van der Waals surface area contributed by atoms with E-state index in [1.165, 1.54) is 5.56 Å². The molecule has 4 nitrogen and oxygen atoms in total. The summed E-state index contributed by atoms with van der Waals surface area (Å²) >= 11 is 0. The van der Waals surface area contributed by atoms with Crippen molar-refractivity contribution in [3.05, 3.63) is 35.4 Å². The predicted octanol–water partition coefficient (Wildman–Crippen LogP) is 2.01. The summed E-state index contributed by atoms with van der Waals surface area (Å²) in [6.45, 7) is 6.30. The minimum absolute atomic E-state index is 0.00336. The number of piperazine rings is 1. The normalized spacial score (nSPS) is 22.9. The SMILES string of the molecule is CCCC1C(=O)NC(C)C(=O)N1Cc1ccc(C)cc1. The van der Waals surface area contributed by atoms with Crippen LogP contribution >= 0.6 is 0 Å². The van der Waals surface area contributed by atoms with E-state index >= 15 is 0 Å². The van der Waals surface area contributed by atoms with Crippen LogP contribution in [0.5, 0.6) is 0 Å². The Morgan fingerprint density at radius 2 is 1.85 bits per heavy atom. The standard InChI is InChI=1S/C16H22N2O2/c1-4-5-14-15(19)17-12(3)16(20)18(14)10-13-8-6-11(2)7-9-13/h6-9,12,14H,4-5,10H2,1-3H3,(H,17,19). The summed E-state index contributed by atoms with van der Waals surface area (Å²) in [5.41, 5.74) is 2.25. The average molecular weight is 274 g/mol. The van der Waals surface area contributed by atoms with Crippen molar-refractivity contribution < 1.29 is 9.59 Å². The monoisotopic (exact) mass is 274 g/mol. The van der Waals surface area contributed by atoms with Crippen LogP contribution in [0.1, 0.15) is 37.8 Å². The minimum atomic E-state index is -0.430. The molecule has 0 aromatic heterocycles. The molecular weight excluding hydrogens is 252 g/mol. The zero-order chi connectivity index (χ0) is 14.7. The van der Waals surface area contributed by atoms with Gasteiger partial charge in [0, 0.05) is 6.54 Å². The molecule has 1 aliphatic rings. The van der Waals surface area contributed by atoms with Crippen molar-refractivity contribution in [3.8, 4) is 0 Å². The van der Waals surface area contributed by atoms with E-state index in [4.69, 9.17) is 0 Å². The van der Waals surface area contributed by atoms with E-state index in [9.17, 15) is 9.59 Å². The van der Waals surface area contributed by atoms with Crippen LogP contribution in [0.2, 0.25) is 0 Å². The molecule has 108 valence electrons. The number of nitrogens with one attached hydrogen (secondary N) is 1. The number of aryl methyl sites for hydroxylation is 1. The van der Waals surface area contributed by atoms with Crippen LogP contribution in [0.4, 0.5) is 0 Å². The summed E-state index contributed by atoms with van der Waals surface area (Å²) in [5, 5.41) is 2.76. The Hall–Kier alpha value is -1.84. The van der Waals surface area contributed by atoms with Gasteiger partial charge >= 0.3 is 0 Å². The van der Waals surface area contributed by atoms with Crippen LogP contribution in [0.3, 0.4) is 0 Å². The summed E-state index contributed by atoms with van der Waals surface area (Å²) in [5.74, 6) is -0.0327. The highest BCUT2D eigenvalue weighted by Gasteiger charge is 2.37. The Kier molecular flexibility index (Phi) is 4.42. The number of carbonyl (C=O) groups excluding carboxylic acids is 2. The summed E-state index contributed by atoms with van der Waals surface area (Å²) in [6.07, 6.45) is 1.58. The molecule has 2 unspecified atom stereocenters. The molecule has 2 rings (SSSR count). The van der Waals surface area contributed by atoms with Crippen molar-refractivity contribution in [2.75, 3.05) is 0 Å². The fraction of sp³-hybridized carbons (Fsp3) is 0.500. The van der Waals surface area contributed by atoms with E-state index in [2.05, 4.69) is 5.32 Å². The van der Waals surface area contributed by atoms with E-state index in [1.807, 2.05) is 38.1 Å². The predicted molar refractivity (Wildman–Crippen MR) is 78.0 cm³/mol. The fourth-order valence-electron chi connectivity index (χ4n) is 2.55.